The average Bonchev–Trinajstić information content (AvgIpc) is 3.19. The molecule has 1 aromatic rings. The molecule has 116 valence electrons. The molecule has 2 saturated heterocycles. The summed E-state index contributed by atoms with van der Waals surface area (Å²) in [5, 5.41) is 4.21. The number of likely N-dealkylation sites (tertiary alicyclic amines) is 2. The lowest BCUT2D eigenvalue weighted by atomic mass is 9.99. The number of hydrogen-bond donors (Lipinski definition) is 0. The molecule has 2 atom stereocenters. The standard InChI is InChI=1S/C15H25N5O/c1-13(15(21)18-7-4-5-8-18)20-9-3-2-6-14(20)10-19-12-16-11-17-19/h11-14H,2-10H2,1H3/t13-,14-/m0/s1. The van der Waals surface area contributed by atoms with E-state index in [0.717, 1.165) is 45.4 Å². The molecule has 0 aliphatic carbocycles. The molecule has 1 amide bonds. The Labute approximate surface area is 126 Å². The summed E-state index contributed by atoms with van der Waals surface area (Å²) < 4.78 is 1.88. The largest absolute Gasteiger partial charge is 0.341 e. The monoisotopic (exact) mass is 291 g/mol. The zero-order valence-electron chi connectivity index (χ0n) is 12.8. The molecule has 6 heteroatoms. The highest BCUT2D eigenvalue weighted by Gasteiger charge is 2.33. The Kier molecular flexibility index (Phi) is 4.53. The lowest BCUT2D eigenvalue weighted by molar-refractivity contribution is -0.137. The molecule has 0 aromatic carbocycles. The summed E-state index contributed by atoms with van der Waals surface area (Å²) in [7, 11) is 0. The fraction of sp³-hybridized carbons (Fsp3) is 0.800. The first kappa shape index (κ1) is 14.5. The lowest BCUT2D eigenvalue weighted by Gasteiger charge is -2.40. The molecule has 0 N–H and O–H groups in total. The van der Waals surface area contributed by atoms with Crippen molar-refractivity contribution in [1.82, 2.24) is 24.6 Å². The summed E-state index contributed by atoms with van der Waals surface area (Å²) >= 11 is 0. The maximum Gasteiger partial charge on any atom is 0.239 e. The molecule has 2 fully saturated rings. The summed E-state index contributed by atoms with van der Waals surface area (Å²) in [6, 6.07) is 0.374. The highest BCUT2D eigenvalue weighted by atomic mass is 16.2. The van der Waals surface area contributed by atoms with Crippen LogP contribution in [0.4, 0.5) is 0 Å². The van der Waals surface area contributed by atoms with Crippen molar-refractivity contribution in [3.63, 3.8) is 0 Å². The fourth-order valence-electron chi connectivity index (χ4n) is 3.62. The summed E-state index contributed by atoms with van der Waals surface area (Å²) in [4.78, 5) is 21.1. The van der Waals surface area contributed by atoms with Crippen LogP contribution in [0.2, 0.25) is 0 Å². The third-order valence-electron chi connectivity index (χ3n) is 4.81. The first-order valence-corrected chi connectivity index (χ1v) is 8.12. The number of piperidine rings is 1. The number of hydrogen-bond acceptors (Lipinski definition) is 4. The van der Waals surface area contributed by atoms with E-state index in [1.54, 1.807) is 12.7 Å². The number of amides is 1. The normalized spacial score (nSPS) is 25.2. The van der Waals surface area contributed by atoms with Crippen molar-refractivity contribution >= 4 is 5.91 Å². The van der Waals surface area contributed by atoms with Gasteiger partial charge in [-0.3, -0.25) is 14.4 Å². The van der Waals surface area contributed by atoms with Gasteiger partial charge in [0, 0.05) is 19.1 Å². The molecule has 0 spiro atoms. The van der Waals surface area contributed by atoms with Crippen LogP contribution in [-0.4, -0.2) is 62.2 Å². The molecule has 3 rings (SSSR count). The van der Waals surface area contributed by atoms with E-state index in [4.69, 9.17) is 0 Å². The minimum atomic E-state index is -0.0167. The maximum atomic E-state index is 12.6. The van der Waals surface area contributed by atoms with Gasteiger partial charge in [0.2, 0.25) is 5.91 Å². The Balaban J connectivity index is 1.66. The van der Waals surface area contributed by atoms with Crippen LogP contribution in [0.3, 0.4) is 0 Å². The summed E-state index contributed by atoms with van der Waals surface area (Å²) in [5.74, 6) is 0.304. The van der Waals surface area contributed by atoms with Crippen molar-refractivity contribution in [2.24, 2.45) is 0 Å². The molecular formula is C15H25N5O. The van der Waals surface area contributed by atoms with E-state index in [9.17, 15) is 4.79 Å². The highest BCUT2D eigenvalue weighted by Crippen LogP contribution is 2.22. The van der Waals surface area contributed by atoms with Gasteiger partial charge in [0.25, 0.3) is 0 Å². The van der Waals surface area contributed by atoms with Crippen LogP contribution < -0.4 is 0 Å². The van der Waals surface area contributed by atoms with Gasteiger partial charge in [-0.25, -0.2) is 4.98 Å². The minimum Gasteiger partial charge on any atom is -0.341 e. The molecule has 0 saturated carbocycles. The van der Waals surface area contributed by atoms with Gasteiger partial charge in [0.1, 0.15) is 12.7 Å². The molecule has 3 heterocycles. The van der Waals surface area contributed by atoms with Gasteiger partial charge < -0.3 is 4.90 Å². The van der Waals surface area contributed by atoms with Crippen LogP contribution in [0.15, 0.2) is 12.7 Å². The molecule has 6 nitrogen and oxygen atoms in total. The number of rotatable bonds is 4. The van der Waals surface area contributed by atoms with Crippen LogP contribution in [0.25, 0.3) is 0 Å². The van der Waals surface area contributed by atoms with E-state index in [1.165, 1.54) is 12.8 Å². The van der Waals surface area contributed by atoms with Gasteiger partial charge in [-0.1, -0.05) is 6.42 Å². The molecule has 2 aliphatic rings. The van der Waals surface area contributed by atoms with Gasteiger partial charge in [0.15, 0.2) is 0 Å². The van der Waals surface area contributed by atoms with E-state index in [1.807, 2.05) is 9.58 Å². The number of carbonyl (C=O) groups is 1. The van der Waals surface area contributed by atoms with Crippen LogP contribution in [0.1, 0.15) is 39.0 Å². The zero-order valence-corrected chi connectivity index (χ0v) is 12.8. The van der Waals surface area contributed by atoms with Crippen LogP contribution >= 0.6 is 0 Å². The van der Waals surface area contributed by atoms with Gasteiger partial charge >= 0.3 is 0 Å². The van der Waals surface area contributed by atoms with Crippen molar-refractivity contribution in [1.29, 1.82) is 0 Å². The van der Waals surface area contributed by atoms with Crippen LogP contribution in [0.5, 0.6) is 0 Å². The van der Waals surface area contributed by atoms with E-state index in [-0.39, 0.29) is 6.04 Å². The highest BCUT2D eigenvalue weighted by molar-refractivity contribution is 5.81. The SMILES string of the molecule is C[C@@H](C(=O)N1CCCC1)N1CCCC[C@H]1Cn1cncn1. The van der Waals surface area contributed by atoms with Gasteiger partial charge in [-0.2, -0.15) is 5.10 Å². The smallest absolute Gasteiger partial charge is 0.239 e. The van der Waals surface area contributed by atoms with Gasteiger partial charge in [-0.15, -0.1) is 0 Å². The topological polar surface area (TPSA) is 54.3 Å². The minimum absolute atomic E-state index is 0.0167. The summed E-state index contributed by atoms with van der Waals surface area (Å²) in [6.45, 7) is 5.79. The molecule has 0 unspecified atom stereocenters. The Morgan fingerprint density at radius 2 is 2.00 bits per heavy atom. The van der Waals surface area contributed by atoms with Crippen molar-refractivity contribution in [3.8, 4) is 0 Å². The Bertz CT molecular complexity index is 455. The Hall–Kier alpha value is -1.43. The quantitative estimate of drug-likeness (QED) is 0.835. The van der Waals surface area contributed by atoms with E-state index >= 15 is 0 Å². The predicted octanol–water partition coefficient (Wildman–Crippen LogP) is 1.14. The number of carbonyl (C=O) groups excluding carboxylic acids is 1. The Morgan fingerprint density at radius 1 is 1.24 bits per heavy atom. The second kappa shape index (κ2) is 6.56. The molecule has 1 aromatic heterocycles. The average molecular weight is 291 g/mol. The molecule has 0 bridgehead atoms. The fourth-order valence-corrected chi connectivity index (χ4v) is 3.62. The number of aromatic nitrogens is 3. The van der Waals surface area contributed by atoms with Crippen molar-refractivity contribution < 1.29 is 4.79 Å². The third-order valence-corrected chi connectivity index (χ3v) is 4.81. The van der Waals surface area contributed by atoms with Crippen molar-refractivity contribution in [2.45, 2.75) is 57.7 Å². The lowest BCUT2D eigenvalue weighted by Crippen LogP contribution is -2.53. The van der Waals surface area contributed by atoms with E-state index in [2.05, 4.69) is 21.9 Å². The van der Waals surface area contributed by atoms with Crippen LogP contribution in [-0.2, 0) is 11.3 Å². The maximum absolute atomic E-state index is 12.6. The predicted molar refractivity (Wildman–Crippen MR) is 79.6 cm³/mol. The second-order valence-corrected chi connectivity index (χ2v) is 6.21. The van der Waals surface area contributed by atoms with Crippen molar-refractivity contribution in [2.75, 3.05) is 19.6 Å². The third kappa shape index (κ3) is 3.26. The summed E-state index contributed by atoms with van der Waals surface area (Å²) in [5.41, 5.74) is 0. The molecular weight excluding hydrogens is 266 g/mol. The van der Waals surface area contributed by atoms with E-state index < -0.39 is 0 Å². The molecule has 0 radical (unpaired) electrons. The zero-order chi connectivity index (χ0) is 14.7. The van der Waals surface area contributed by atoms with Gasteiger partial charge in [-0.05, 0) is 39.2 Å². The first-order valence-electron chi connectivity index (χ1n) is 8.12. The van der Waals surface area contributed by atoms with Crippen LogP contribution in [0, 0.1) is 0 Å². The van der Waals surface area contributed by atoms with Crippen molar-refractivity contribution in [3.05, 3.63) is 12.7 Å². The molecule has 2 aliphatic heterocycles. The molecule has 21 heavy (non-hydrogen) atoms. The summed E-state index contributed by atoms with van der Waals surface area (Å²) in [6.07, 6.45) is 9.21. The van der Waals surface area contributed by atoms with E-state index in [0.29, 0.717) is 11.9 Å². The van der Waals surface area contributed by atoms with Gasteiger partial charge in [0.05, 0.1) is 12.6 Å². The Morgan fingerprint density at radius 3 is 2.71 bits per heavy atom. The number of nitrogens with zero attached hydrogens (tertiary/aromatic N) is 5. The first-order chi connectivity index (χ1) is 10.3. The second-order valence-electron chi connectivity index (χ2n) is 6.21.